The molecule has 134 valence electrons. The van der Waals surface area contributed by atoms with Gasteiger partial charge in [-0.25, -0.2) is 13.1 Å². The second kappa shape index (κ2) is 8.13. The fourth-order valence-electron chi connectivity index (χ4n) is 2.08. The van der Waals surface area contributed by atoms with E-state index in [1.54, 1.807) is 50.4 Å². The van der Waals surface area contributed by atoms with Gasteiger partial charge in [0.05, 0.1) is 12.0 Å². The predicted octanol–water partition coefficient (Wildman–Crippen LogP) is 3.02. The highest BCUT2D eigenvalue weighted by molar-refractivity contribution is 7.89. The Kier molecular flexibility index (Phi) is 6.17. The topological polar surface area (TPSA) is 84.5 Å². The number of hydrogen-bond donors (Lipinski definition) is 2. The molecule has 0 spiro atoms. The Morgan fingerprint density at radius 3 is 2.20 bits per heavy atom. The molecule has 0 fully saturated rings. The summed E-state index contributed by atoms with van der Waals surface area (Å²) < 4.78 is 32.1. The van der Waals surface area contributed by atoms with E-state index in [2.05, 4.69) is 10.0 Å². The zero-order chi connectivity index (χ0) is 18.4. The Morgan fingerprint density at radius 2 is 1.68 bits per heavy atom. The molecule has 1 atom stereocenters. The summed E-state index contributed by atoms with van der Waals surface area (Å²) in [5.41, 5.74) is 0.999. The Hall–Kier alpha value is -2.38. The molecule has 6 nitrogen and oxygen atoms in total. The first-order chi connectivity index (χ1) is 11.9. The van der Waals surface area contributed by atoms with E-state index < -0.39 is 10.0 Å². The van der Waals surface area contributed by atoms with E-state index in [-0.39, 0.29) is 16.8 Å². The molecule has 0 aliphatic carbocycles. The van der Waals surface area contributed by atoms with Gasteiger partial charge in [-0.15, -0.1) is 0 Å². The molecule has 7 heteroatoms. The van der Waals surface area contributed by atoms with Crippen molar-refractivity contribution in [3.63, 3.8) is 0 Å². The van der Waals surface area contributed by atoms with Crippen molar-refractivity contribution < 1.29 is 17.9 Å². The van der Waals surface area contributed by atoms with E-state index in [0.717, 1.165) is 0 Å². The Morgan fingerprint density at radius 1 is 1.08 bits per heavy atom. The number of hydrogen-bond acceptors (Lipinski definition) is 4. The summed E-state index contributed by atoms with van der Waals surface area (Å²) in [6.45, 7) is 3.71. The normalized spacial score (nSPS) is 12.4. The van der Waals surface area contributed by atoms with E-state index >= 15 is 0 Å². The van der Waals surface area contributed by atoms with Gasteiger partial charge in [0.2, 0.25) is 10.0 Å². The second-order valence-electron chi connectivity index (χ2n) is 5.64. The average molecular weight is 362 g/mol. The van der Waals surface area contributed by atoms with Gasteiger partial charge >= 0.3 is 0 Å². The van der Waals surface area contributed by atoms with Gasteiger partial charge < -0.3 is 10.1 Å². The molecule has 0 aromatic heterocycles. The average Bonchev–Trinajstić information content (AvgIpc) is 2.61. The molecule has 2 aromatic carbocycles. The van der Waals surface area contributed by atoms with Crippen molar-refractivity contribution in [2.24, 2.45) is 0 Å². The van der Waals surface area contributed by atoms with Crippen molar-refractivity contribution in [2.75, 3.05) is 12.4 Å². The highest BCUT2D eigenvalue weighted by Gasteiger charge is 2.16. The first-order valence-electron chi connectivity index (χ1n) is 7.93. The largest absolute Gasteiger partial charge is 0.497 e. The fraction of sp³-hybridized carbons (Fsp3) is 0.278. The lowest BCUT2D eigenvalue weighted by Crippen LogP contribution is -2.31. The molecule has 0 unspecified atom stereocenters. The van der Waals surface area contributed by atoms with Gasteiger partial charge in [-0.05, 0) is 61.9 Å². The first kappa shape index (κ1) is 19.0. The van der Waals surface area contributed by atoms with Gasteiger partial charge in [-0.1, -0.05) is 6.92 Å². The summed E-state index contributed by atoms with van der Waals surface area (Å²) >= 11 is 0. The lowest BCUT2D eigenvalue weighted by molar-refractivity contribution is 0.102. The molecule has 0 radical (unpaired) electrons. The number of nitrogens with one attached hydrogen (secondary N) is 2. The third-order valence-electron chi connectivity index (χ3n) is 3.74. The monoisotopic (exact) mass is 362 g/mol. The van der Waals surface area contributed by atoms with Gasteiger partial charge in [0.1, 0.15) is 5.75 Å². The molecule has 25 heavy (non-hydrogen) atoms. The highest BCUT2D eigenvalue weighted by Crippen LogP contribution is 2.17. The minimum atomic E-state index is -3.55. The summed E-state index contributed by atoms with van der Waals surface area (Å²) in [5.74, 6) is 0.385. The standard InChI is InChI=1S/C18H22N2O4S/c1-4-13(2)20-25(22,23)17-11-7-15(8-12-17)19-18(21)14-5-9-16(24-3)10-6-14/h5-13,20H,4H2,1-3H3,(H,19,21)/t13-/m0/s1. The number of rotatable bonds is 7. The zero-order valence-corrected chi connectivity index (χ0v) is 15.3. The molecule has 0 aliphatic heterocycles. The Labute approximate surface area is 148 Å². The number of carbonyl (C=O) groups excluding carboxylic acids is 1. The van der Waals surface area contributed by atoms with Crippen LogP contribution in [0, 0.1) is 0 Å². The third kappa shape index (κ3) is 5.04. The van der Waals surface area contributed by atoms with Crippen LogP contribution in [-0.2, 0) is 10.0 Å². The molecular formula is C18H22N2O4S. The minimum absolute atomic E-state index is 0.139. The van der Waals surface area contributed by atoms with Crippen molar-refractivity contribution in [3.05, 3.63) is 54.1 Å². The summed E-state index contributed by atoms with van der Waals surface area (Å²) in [7, 11) is -2.00. The van der Waals surface area contributed by atoms with E-state index in [0.29, 0.717) is 23.4 Å². The number of amides is 1. The van der Waals surface area contributed by atoms with Crippen LogP contribution in [0.2, 0.25) is 0 Å². The van der Waals surface area contributed by atoms with E-state index in [4.69, 9.17) is 4.74 Å². The van der Waals surface area contributed by atoms with Crippen LogP contribution in [0.4, 0.5) is 5.69 Å². The van der Waals surface area contributed by atoms with Crippen LogP contribution in [0.1, 0.15) is 30.6 Å². The number of carbonyl (C=O) groups is 1. The quantitative estimate of drug-likeness (QED) is 0.793. The van der Waals surface area contributed by atoms with Crippen molar-refractivity contribution in [3.8, 4) is 5.75 Å². The minimum Gasteiger partial charge on any atom is -0.497 e. The van der Waals surface area contributed by atoms with Crippen LogP contribution >= 0.6 is 0 Å². The van der Waals surface area contributed by atoms with Gasteiger partial charge in [-0.3, -0.25) is 4.79 Å². The summed E-state index contributed by atoms with van der Waals surface area (Å²) in [6, 6.07) is 12.6. The van der Waals surface area contributed by atoms with Crippen LogP contribution < -0.4 is 14.8 Å². The highest BCUT2D eigenvalue weighted by atomic mass is 32.2. The lowest BCUT2D eigenvalue weighted by Gasteiger charge is -2.12. The van der Waals surface area contributed by atoms with Crippen LogP contribution in [0.5, 0.6) is 5.75 Å². The molecule has 2 N–H and O–H groups in total. The Balaban J connectivity index is 2.08. The summed E-state index contributed by atoms with van der Waals surface area (Å²) in [6.07, 6.45) is 0.704. The van der Waals surface area contributed by atoms with Crippen molar-refractivity contribution in [1.82, 2.24) is 4.72 Å². The molecule has 0 heterocycles. The molecule has 0 bridgehead atoms. The molecule has 0 saturated carbocycles. The van der Waals surface area contributed by atoms with Crippen LogP contribution in [-0.4, -0.2) is 27.5 Å². The lowest BCUT2D eigenvalue weighted by atomic mass is 10.2. The van der Waals surface area contributed by atoms with Crippen molar-refractivity contribution in [2.45, 2.75) is 31.2 Å². The number of ether oxygens (including phenoxy) is 1. The summed E-state index contributed by atoms with van der Waals surface area (Å²) in [4.78, 5) is 12.4. The van der Waals surface area contributed by atoms with E-state index in [1.165, 1.54) is 12.1 Å². The second-order valence-corrected chi connectivity index (χ2v) is 7.35. The van der Waals surface area contributed by atoms with E-state index in [9.17, 15) is 13.2 Å². The molecule has 1 amide bonds. The molecule has 2 rings (SSSR count). The summed E-state index contributed by atoms with van der Waals surface area (Å²) in [5, 5.41) is 2.73. The smallest absolute Gasteiger partial charge is 0.255 e. The number of anilines is 1. The number of benzene rings is 2. The van der Waals surface area contributed by atoms with Crippen LogP contribution in [0.15, 0.2) is 53.4 Å². The van der Waals surface area contributed by atoms with Gasteiger partial charge in [0.25, 0.3) is 5.91 Å². The van der Waals surface area contributed by atoms with E-state index in [1.807, 2.05) is 6.92 Å². The molecular weight excluding hydrogens is 340 g/mol. The molecule has 2 aromatic rings. The van der Waals surface area contributed by atoms with Gasteiger partial charge in [0, 0.05) is 17.3 Å². The van der Waals surface area contributed by atoms with Crippen LogP contribution in [0.3, 0.4) is 0 Å². The fourth-order valence-corrected chi connectivity index (χ4v) is 3.41. The SMILES string of the molecule is CC[C@H](C)NS(=O)(=O)c1ccc(NC(=O)c2ccc(OC)cc2)cc1. The zero-order valence-electron chi connectivity index (χ0n) is 14.4. The Bertz CT molecular complexity index is 815. The number of methoxy groups -OCH3 is 1. The first-order valence-corrected chi connectivity index (χ1v) is 9.42. The maximum absolute atomic E-state index is 12.2. The molecule has 0 aliphatic rings. The van der Waals surface area contributed by atoms with Crippen molar-refractivity contribution in [1.29, 1.82) is 0 Å². The maximum atomic E-state index is 12.2. The van der Waals surface area contributed by atoms with Crippen molar-refractivity contribution >= 4 is 21.6 Å². The maximum Gasteiger partial charge on any atom is 0.255 e. The third-order valence-corrected chi connectivity index (χ3v) is 5.35. The number of sulfonamides is 1. The van der Waals surface area contributed by atoms with Gasteiger partial charge in [0.15, 0.2) is 0 Å². The van der Waals surface area contributed by atoms with Crippen LogP contribution in [0.25, 0.3) is 0 Å². The van der Waals surface area contributed by atoms with Gasteiger partial charge in [-0.2, -0.15) is 0 Å². The molecule has 0 saturated heterocycles. The predicted molar refractivity (Wildman–Crippen MR) is 97.5 cm³/mol.